The monoisotopic (exact) mass is 316 g/mol. The maximum atomic E-state index is 10.9. The molecule has 23 heavy (non-hydrogen) atoms. The second-order valence-electron chi connectivity index (χ2n) is 6.12. The van der Waals surface area contributed by atoms with E-state index in [4.69, 9.17) is 9.47 Å². The lowest BCUT2D eigenvalue weighted by Crippen LogP contribution is -2.57. The molecular formula is C16H20N4O3. The zero-order valence-corrected chi connectivity index (χ0v) is 12.9. The quantitative estimate of drug-likeness (QED) is 0.850. The summed E-state index contributed by atoms with van der Waals surface area (Å²) in [5.74, 6) is 0. The van der Waals surface area contributed by atoms with Crippen molar-refractivity contribution in [2.24, 2.45) is 0 Å². The van der Waals surface area contributed by atoms with E-state index in [-0.39, 0.29) is 18.2 Å². The second kappa shape index (κ2) is 6.01. The Morgan fingerprint density at radius 1 is 1.43 bits per heavy atom. The van der Waals surface area contributed by atoms with E-state index in [9.17, 15) is 5.11 Å². The number of aliphatic hydroxyl groups is 1. The summed E-state index contributed by atoms with van der Waals surface area (Å²) in [7, 11) is 0. The minimum absolute atomic E-state index is 0.153. The van der Waals surface area contributed by atoms with Gasteiger partial charge < -0.3 is 19.9 Å². The summed E-state index contributed by atoms with van der Waals surface area (Å²) in [6, 6.07) is 3.32. The van der Waals surface area contributed by atoms with Gasteiger partial charge in [-0.25, -0.2) is 0 Å². The molecule has 4 heterocycles. The van der Waals surface area contributed by atoms with Crippen molar-refractivity contribution in [2.45, 2.75) is 44.1 Å². The van der Waals surface area contributed by atoms with Crippen LogP contribution in [0.4, 0.5) is 0 Å². The highest BCUT2D eigenvalue weighted by molar-refractivity contribution is 5.10. The fraction of sp³-hybridized carbons (Fsp3) is 0.500. The van der Waals surface area contributed by atoms with E-state index >= 15 is 0 Å². The van der Waals surface area contributed by atoms with Crippen LogP contribution in [0.15, 0.2) is 36.9 Å². The van der Waals surface area contributed by atoms with Crippen LogP contribution in [0.3, 0.4) is 0 Å². The second-order valence-corrected chi connectivity index (χ2v) is 6.12. The molecule has 7 heteroatoms. The third-order valence-electron chi connectivity index (χ3n) is 4.43. The number of ether oxygens (including phenoxy) is 2. The van der Waals surface area contributed by atoms with Gasteiger partial charge in [0.2, 0.25) is 0 Å². The van der Waals surface area contributed by atoms with Crippen molar-refractivity contribution in [1.82, 2.24) is 20.1 Å². The van der Waals surface area contributed by atoms with Crippen LogP contribution in [-0.2, 0) is 16.0 Å². The van der Waals surface area contributed by atoms with Gasteiger partial charge in [0, 0.05) is 25.1 Å². The lowest BCUT2D eigenvalue weighted by atomic mass is 9.96. The molecule has 0 saturated carbocycles. The normalized spacial score (nSPS) is 33.0. The molecule has 122 valence electrons. The number of aryl methyl sites for hydroxylation is 1. The first-order chi connectivity index (χ1) is 11.2. The molecule has 5 atom stereocenters. The molecular weight excluding hydrogens is 296 g/mol. The molecule has 4 rings (SSSR count). The molecule has 0 aromatic carbocycles. The third-order valence-corrected chi connectivity index (χ3v) is 4.43. The Balaban J connectivity index is 1.52. The number of aromatic nitrogens is 3. The van der Waals surface area contributed by atoms with Gasteiger partial charge in [0.15, 0.2) is 6.29 Å². The fourth-order valence-electron chi connectivity index (χ4n) is 3.27. The molecule has 0 radical (unpaired) electrons. The van der Waals surface area contributed by atoms with Crippen LogP contribution in [0.1, 0.15) is 17.2 Å². The summed E-state index contributed by atoms with van der Waals surface area (Å²) in [6.07, 6.45) is 5.98. The summed E-state index contributed by atoms with van der Waals surface area (Å²) >= 11 is 0. The Bertz CT molecular complexity index is 662. The first kappa shape index (κ1) is 14.8. The largest absolute Gasteiger partial charge is 0.389 e. The van der Waals surface area contributed by atoms with Gasteiger partial charge in [-0.15, -0.1) is 0 Å². The van der Waals surface area contributed by atoms with Gasteiger partial charge in [-0.2, -0.15) is 5.10 Å². The first-order valence-electron chi connectivity index (χ1n) is 7.80. The minimum Gasteiger partial charge on any atom is -0.389 e. The Morgan fingerprint density at radius 3 is 3.09 bits per heavy atom. The lowest BCUT2D eigenvalue weighted by molar-refractivity contribution is -0.168. The number of pyridine rings is 1. The summed E-state index contributed by atoms with van der Waals surface area (Å²) in [4.78, 5) is 4.11. The first-order valence-corrected chi connectivity index (χ1v) is 7.80. The maximum absolute atomic E-state index is 10.9. The summed E-state index contributed by atoms with van der Waals surface area (Å²) in [5, 5.41) is 18.6. The van der Waals surface area contributed by atoms with Crippen LogP contribution in [0.5, 0.6) is 0 Å². The summed E-state index contributed by atoms with van der Waals surface area (Å²) < 4.78 is 13.4. The number of rotatable bonds is 4. The molecule has 5 unspecified atom stereocenters. The predicted molar refractivity (Wildman–Crippen MR) is 81.5 cm³/mol. The molecule has 2 aliphatic heterocycles. The van der Waals surface area contributed by atoms with Crippen LogP contribution in [0, 0.1) is 6.92 Å². The van der Waals surface area contributed by atoms with Gasteiger partial charge in [0.25, 0.3) is 0 Å². The van der Waals surface area contributed by atoms with Crippen LogP contribution in [0.25, 0.3) is 0 Å². The molecule has 2 bridgehead atoms. The van der Waals surface area contributed by atoms with Crippen molar-refractivity contribution in [3.8, 4) is 0 Å². The topological polar surface area (TPSA) is 81.4 Å². The smallest absolute Gasteiger partial charge is 0.183 e. The molecule has 2 aliphatic rings. The van der Waals surface area contributed by atoms with E-state index < -0.39 is 12.4 Å². The fourth-order valence-corrected chi connectivity index (χ4v) is 3.27. The average Bonchev–Trinajstić information content (AvgIpc) is 3.17. The number of fused-ring (bicyclic) bond motifs is 2. The van der Waals surface area contributed by atoms with Crippen LogP contribution >= 0.6 is 0 Å². The number of hydrogen-bond donors (Lipinski definition) is 2. The Hall–Kier alpha value is -1.80. The molecule has 2 aromatic heterocycles. The molecule has 2 fully saturated rings. The van der Waals surface area contributed by atoms with Gasteiger partial charge in [0.1, 0.15) is 12.1 Å². The van der Waals surface area contributed by atoms with Gasteiger partial charge in [-0.05, 0) is 24.1 Å². The van der Waals surface area contributed by atoms with E-state index in [1.165, 1.54) is 0 Å². The van der Waals surface area contributed by atoms with Crippen molar-refractivity contribution in [3.63, 3.8) is 0 Å². The van der Waals surface area contributed by atoms with Crippen LogP contribution < -0.4 is 5.32 Å². The van der Waals surface area contributed by atoms with Crippen molar-refractivity contribution >= 4 is 0 Å². The highest BCUT2D eigenvalue weighted by atomic mass is 16.7. The molecule has 2 N–H and O–H groups in total. The number of hydrogen-bond acceptors (Lipinski definition) is 6. The van der Waals surface area contributed by atoms with Crippen molar-refractivity contribution < 1.29 is 14.6 Å². The van der Waals surface area contributed by atoms with Crippen LogP contribution in [0.2, 0.25) is 0 Å². The Kier molecular flexibility index (Phi) is 3.86. The zero-order chi connectivity index (χ0) is 15.8. The van der Waals surface area contributed by atoms with Gasteiger partial charge in [-0.3, -0.25) is 9.67 Å². The Labute approximate surface area is 134 Å². The maximum Gasteiger partial charge on any atom is 0.183 e. The molecule has 0 amide bonds. The molecule has 2 saturated heterocycles. The Morgan fingerprint density at radius 2 is 2.35 bits per heavy atom. The number of nitrogens with one attached hydrogen (secondary N) is 1. The molecule has 0 aliphatic carbocycles. The lowest BCUT2D eigenvalue weighted by Gasteiger charge is -2.38. The van der Waals surface area contributed by atoms with E-state index in [1.54, 1.807) is 17.1 Å². The summed E-state index contributed by atoms with van der Waals surface area (Å²) in [6.45, 7) is 3.06. The van der Waals surface area contributed by atoms with Crippen LogP contribution in [-0.4, -0.2) is 51.0 Å². The highest BCUT2D eigenvalue weighted by Gasteiger charge is 2.51. The van der Waals surface area contributed by atoms with Gasteiger partial charge in [0.05, 0.1) is 24.9 Å². The SMILES string of the molecule is Cc1cnn(C2C3OCC(O3)C(NCc3cccnc3)C2O)c1. The van der Waals surface area contributed by atoms with Gasteiger partial charge >= 0.3 is 0 Å². The van der Waals surface area contributed by atoms with Gasteiger partial charge in [-0.1, -0.05) is 6.07 Å². The number of nitrogens with zero attached hydrogens (tertiary/aromatic N) is 3. The van der Waals surface area contributed by atoms with E-state index in [2.05, 4.69) is 15.4 Å². The molecule has 7 nitrogen and oxygen atoms in total. The standard InChI is InChI=1S/C16H20N4O3/c1-10-5-19-20(8-10)14-15(21)13(12-9-22-16(14)23-12)18-7-11-3-2-4-17-6-11/h2-6,8,12-16,18,21H,7,9H2,1H3. The minimum atomic E-state index is -0.641. The van der Waals surface area contributed by atoms with E-state index in [0.717, 1.165) is 11.1 Å². The molecule has 0 spiro atoms. The number of aliphatic hydroxyl groups excluding tert-OH is 1. The van der Waals surface area contributed by atoms with Crippen molar-refractivity contribution in [3.05, 3.63) is 48.0 Å². The van der Waals surface area contributed by atoms with E-state index in [1.807, 2.05) is 31.5 Å². The molecule has 2 aromatic rings. The average molecular weight is 316 g/mol. The van der Waals surface area contributed by atoms with E-state index in [0.29, 0.717) is 13.2 Å². The highest BCUT2D eigenvalue weighted by Crippen LogP contribution is 2.35. The third kappa shape index (κ3) is 2.76. The van der Waals surface area contributed by atoms with Crippen molar-refractivity contribution in [2.75, 3.05) is 6.61 Å². The summed E-state index contributed by atoms with van der Waals surface area (Å²) in [5.41, 5.74) is 2.10. The van der Waals surface area contributed by atoms with Crippen molar-refractivity contribution in [1.29, 1.82) is 0 Å². The zero-order valence-electron chi connectivity index (χ0n) is 12.9. The predicted octanol–water partition coefficient (Wildman–Crippen LogP) is 0.402.